The highest BCUT2D eigenvalue weighted by atomic mass is 16.2. The molecule has 0 saturated carbocycles. The highest BCUT2D eigenvalue weighted by Crippen LogP contribution is 2.30. The molecule has 1 aromatic rings. The van der Waals surface area contributed by atoms with E-state index in [0.717, 1.165) is 17.5 Å². The van der Waals surface area contributed by atoms with Gasteiger partial charge < -0.3 is 14.6 Å². The lowest BCUT2D eigenvalue weighted by atomic mass is 9.95. The predicted octanol–water partition coefficient (Wildman–Crippen LogP) is 1.18. The van der Waals surface area contributed by atoms with Gasteiger partial charge in [-0.15, -0.1) is 0 Å². The molecule has 0 N–H and O–H groups in total. The van der Waals surface area contributed by atoms with Crippen molar-refractivity contribution in [3.05, 3.63) is 29.8 Å². The first-order valence-electron chi connectivity index (χ1n) is 6.61. The fourth-order valence-corrected chi connectivity index (χ4v) is 2.36. The number of carbonyl (C=O) groups excluding carboxylic acids is 3. The van der Waals surface area contributed by atoms with Crippen LogP contribution in [0.4, 0.5) is 5.69 Å². The molecule has 20 heavy (non-hydrogen) atoms. The molecule has 5 heteroatoms. The van der Waals surface area contributed by atoms with Crippen LogP contribution in [0, 0.1) is 0 Å². The third kappa shape index (κ3) is 2.71. The molecule has 5 nitrogen and oxygen atoms in total. The van der Waals surface area contributed by atoms with Gasteiger partial charge in [-0.25, -0.2) is 0 Å². The predicted molar refractivity (Wildman–Crippen MR) is 75.5 cm³/mol. The smallest absolute Gasteiger partial charge is 0.247 e. The van der Waals surface area contributed by atoms with E-state index in [4.69, 9.17) is 0 Å². The summed E-state index contributed by atoms with van der Waals surface area (Å²) in [5.74, 6) is -0.161. The lowest BCUT2D eigenvalue weighted by Crippen LogP contribution is -2.52. The number of hydrogen-bond donors (Lipinski definition) is 0. The zero-order valence-electron chi connectivity index (χ0n) is 11.7. The number of hydrogen-bond acceptors (Lipinski definition) is 3. The molecule has 0 aromatic heterocycles. The molecule has 1 fully saturated rings. The topological polar surface area (TPSA) is 57.7 Å². The van der Waals surface area contributed by atoms with Crippen molar-refractivity contribution in [3.8, 4) is 0 Å². The van der Waals surface area contributed by atoms with Crippen molar-refractivity contribution in [2.24, 2.45) is 0 Å². The first-order valence-corrected chi connectivity index (χ1v) is 6.61. The van der Waals surface area contributed by atoms with Gasteiger partial charge in [-0.05, 0) is 17.5 Å². The van der Waals surface area contributed by atoms with E-state index in [2.05, 4.69) is 0 Å². The number of piperazine rings is 1. The van der Waals surface area contributed by atoms with Crippen LogP contribution in [0.5, 0.6) is 0 Å². The van der Waals surface area contributed by atoms with Gasteiger partial charge in [0.25, 0.3) is 0 Å². The number of benzene rings is 1. The molecule has 0 aliphatic carbocycles. The average molecular weight is 274 g/mol. The van der Waals surface area contributed by atoms with Crippen molar-refractivity contribution in [2.75, 3.05) is 25.0 Å². The van der Waals surface area contributed by atoms with Gasteiger partial charge in [0, 0.05) is 19.2 Å². The largest absolute Gasteiger partial charge is 0.335 e. The van der Waals surface area contributed by atoms with Crippen molar-refractivity contribution in [1.82, 2.24) is 4.90 Å². The molecule has 1 atom stereocenters. The summed E-state index contributed by atoms with van der Waals surface area (Å²) in [5, 5.41) is 0. The van der Waals surface area contributed by atoms with Crippen LogP contribution in [0.1, 0.15) is 24.8 Å². The lowest BCUT2D eigenvalue weighted by molar-refractivity contribution is -0.136. The van der Waals surface area contributed by atoms with E-state index in [1.165, 1.54) is 9.80 Å². The average Bonchev–Trinajstić information content (AvgIpc) is 2.43. The Morgan fingerprint density at radius 3 is 2.60 bits per heavy atom. The molecule has 0 bridgehead atoms. The van der Waals surface area contributed by atoms with Gasteiger partial charge in [-0.1, -0.05) is 25.1 Å². The summed E-state index contributed by atoms with van der Waals surface area (Å²) >= 11 is 0. The molecule has 1 heterocycles. The SMILES string of the molecule is CC(CC=O)c1ccccc1N1CC(=O)N(C)CC1=O. The van der Waals surface area contributed by atoms with Crippen LogP contribution in [0.25, 0.3) is 0 Å². The van der Waals surface area contributed by atoms with Gasteiger partial charge in [-0.3, -0.25) is 9.59 Å². The van der Waals surface area contributed by atoms with E-state index >= 15 is 0 Å². The van der Waals surface area contributed by atoms with E-state index in [1.807, 2.05) is 31.2 Å². The van der Waals surface area contributed by atoms with Crippen LogP contribution in [-0.4, -0.2) is 43.1 Å². The van der Waals surface area contributed by atoms with E-state index in [-0.39, 0.29) is 30.8 Å². The number of anilines is 1. The highest BCUT2D eigenvalue weighted by Gasteiger charge is 2.30. The molecule has 106 valence electrons. The number of rotatable bonds is 4. The molecule has 2 rings (SSSR count). The first kappa shape index (κ1) is 14.2. The van der Waals surface area contributed by atoms with E-state index < -0.39 is 0 Å². The maximum absolute atomic E-state index is 12.1. The fourth-order valence-electron chi connectivity index (χ4n) is 2.36. The van der Waals surface area contributed by atoms with Crippen molar-refractivity contribution < 1.29 is 14.4 Å². The second-order valence-electron chi connectivity index (χ2n) is 5.09. The number of carbonyl (C=O) groups is 3. The van der Waals surface area contributed by atoms with Crippen molar-refractivity contribution in [1.29, 1.82) is 0 Å². The number of para-hydroxylation sites is 1. The van der Waals surface area contributed by atoms with Crippen LogP contribution in [0.3, 0.4) is 0 Å². The Bertz CT molecular complexity index is 542. The van der Waals surface area contributed by atoms with Gasteiger partial charge in [0.05, 0.1) is 6.54 Å². The van der Waals surface area contributed by atoms with Gasteiger partial charge in [0.1, 0.15) is 12.8 Å². The zero-order valence-corrected chi connectivity index (χ0v) is 11.7. The van der Waals surface area contributed by atoms with Crippen molar-refractivity contribution >= 4 is 23.8 Å². The maximum Gasteiger partial charge on any atom is 0.247 e. The van der Waals surface area contributed by atoms with Crippen LogP contribution in [0.2, 0.25) is 0 Å². The second kappa shape index (κ2) is 5.86. The Hall–Kier alpha value is -2.17. The Kier molecular flexibility index (Phi) is 4.17. The van der Waals surface area contributed by atoms with Crippen LogP contribution < -0.4 is 4.90 Å². The third-order valence-electron chi connectivity index (χ3n) is 3.60. The summed E-state index contributed by atoms with van der Waals surface area (Å²) in [6.45, 7) is 2.09. The minimum Gasteiger partial charge on any atom is -0.335 e. The summed E-state index contributed by atoms with van der Waals surface area (Å²) in [5.41, 5.74) is 1.65. The molecule has 1 aliphatic heterocycles. The quantitative estimate of drug-likeness (QED) is 0.775. The Balaban J connectivity index is 2.35. The molecular weight excluding hydrogens is 256 g/mol. The Morgan fingerprint density at radius 1 is 1.20 bits per heavy atom. The zero-order chi connectivity index (χ0) is 14.7. The number of amides is 2. The normalized spacial score (nSPS) is 17.3. The van der Waals surface area contributed by atoms with Crippen LogP contribution >= 0.6 is 0 Å². The summed E-state index contributed by atoms with van der Waals surface area (Å²) in [7, 11) is 1.62. The second-order valence-corrected chi connectivity index (χ2v) is 5.09. The molecule has 0 spiro atoms. The van der Waals surface area contributed by atoms with E-state index in [1.54, 1.807) is 7.05 Å². The van der Waals surface area contributed by atoms with Gasteiger partial charge >= 0.3 is 0 Å². The molecule has 0 radical (unpaired) electrons. The summed E-state index contributed by atoms with van der Waals surface area (Å²) in [6.07, 6.45) is 1.27. The lowest BCUT2D eigenvalue weighted by Gasteiger charge is -2.33. The first-order chi connectivity index (χ1) is 9.54. The van der Waals surface area contributed by atoms with Gasteiger partial charge in [0.15, 0.2) is 0 Å². The van der Waals surface area contributed by atoms with Crippen LogP contribution in [0.15, 0.2) is 24.3 Å². The molecule has 1 aliphatic rings. The fraction of sp³-hybridized carbons (Fsp3) is 0.400. The summed E-state index contributed by atoms with van der Waals surface area (Å²) < 4.78 is 0. The number of nitrogens with zero attached hydrogens (tertiary/aromatic N) is 2. The Morgan fingerprint density at radius 2 is 1.90 bits per heavy atom. The molecule has 2 amide bonds. The Labute approximate surface area is 118 Å². The molecule has 1 aromatic carbocycles. The van der Waals surface area contributed by atoms with Gasteiger partial charge in [0.2, 0.25) is 11.8 Å². The van der Waals surface area contributed by atoms with Crippen molar-refractivity contribution in [3.63, 3.8) is 0 Å². The monoisotopic (exact) mass is 274 g/mol. The molecular formula is C15H18N2O3. The van der Waals surface area contributed by atoms with Crippen molar-refractivity contribution in [2.45, 2.75) is 19.3 Å². The van der Waals surface area contributed by atoms with E-state index in [9.17, 15) is 14.4 Å². The third-order valence-corrected chi connectivity index (χ3v) is 3.60. The summed E-state index contributed by atoms with van der Waals surface area (Å²) in [4.78, 5) is 37.6. The minimum atomic E-state index is -0.0992. The van der Waals surface area contributed by atoms with Crippen LogP contribution in [-0.2, 0) is 14.4 Å². The standard InChI is InChI=1S/C15H18N2O3/c1-11(7-8-18)12-5-3-4-6-13(12)17-10-14(19)16(2)9-15(17)20/h3-6,8,11H,7,9-10H2,1-2H3. The number of aldehydes is 1. The van der Waals surface area contributed by atoms with Gasteiger partial charge in [-0.2, -0.15) is 0 Å². The molecule has 1 unspecified atom stereocenters. The maximum atomic E-state index is 12.1. The highest BCUT2D eigenvalue weighted by molar-refractivity contribution is 6.04. The molecule has 1 saturated heterocycles. The number of likely N-dealkylation sites (N-methyl/N-ethyl adjacent to an activating group) is 1. The minimum absolute atomic E-state index is 0.0197. The van der Waals surface area contributed by atoms with E-state index in [0.29, 0.717) is 6.42 Å². The summed E-state index contributed by atoms with van der Waals surface area (Å²) in [6, 6.07) is 7.44.